The van der Waals surface area contributed by atoms with Crippen LogP contribution in [0.4, 0.5) is 0 Å². The molecule has 0 saturated carbocycles. The molecule has 0 fully saturated rings. The van der Waals surface area contributed by atoms with E-state index in [9.17, 15) is 14.4 Å². The van der Waals surface area contributed by atoms with E-state index in [1.807, 2.05) is 12.1 Å². The topological polar surface area (TPSA) is 91.3 Å². The van der Waals surface area contributed by atoms with Crippen LogP contribution in [-0.4, -0.2) is 60.0 Å². The summed E-state index contributed by atoms with van der Waals surface area (Å²) in [6.45, 7) is 4.94. The third-order valence-corrected chi connectivity index (χ3v) is 6.93. The van der Waals surface area contributed by atoms with Gasteiger partial charge in [-0.1, -0.05) is 41.6 Å². The number of ether oxygens (including phenoxy) is 3. The van der Waals surface area contributed by atoms with Crippen molar-refractivity contribution >= 4 is 57.9 Å². The van der Waals surface area contributed by atoms with Gasteiger partial charge in [-0.3, -0.25) is 9.79 Å². The molecule has 0 aromatic heterocycles. The van der Waals surface area contributed by atoms with E-state index in [0.29, 0.717) is 38.4 Å². The lowest BCUT2D eigenvalue weighted by molar-refractivity contribution is -0.149. The molecule has 10 heteroatoms. The molecule has 1 aliphatic heterocycles. The first kappa shape index (κ1) is 26.4. The maximum Gasteiger partial charge on any atom is 0.336 e. The van der Waals surface area contributed by atoms with E-state index >= 15 is 0 Å². The van der Waals surface area contributed by atoms with Crippen LogP contribution in [0.25, 0.3) is 0 Å². The average Bonchev–Trinajstić information content (AvgIpc) is 2.75. The highest BCUT2D eigenvalue weighted by Gasteiger charge is 2.40. The Kier molecular flexibility index (Phi) is 10.8. The minimum atomic E-state index is -0.714. The average molecular weight is 500 g/mol. The van der Waals surface area contributed by atoms with Crippen molar-refractivity contribution in [3.63, 3.8) is 0 Å². The molecule has 0 saturated heterocycles. The Morgan fingerprint density at radius 2 is 1.94 bits per heavy atom. The third kappa shape index (κ3) is 7.10. The molecule has 7 nitrogen and oxygen atoms in total. The summed E-state index contributed by atoms with van der Waals surface area (Å²) in [6, 6.07) is 7.15. The second-order valence-corrected chi connectivity index (χ2v) is 9.65. The minimum absolute atomic E-state index is 0.0179. The monoisotopic (exact) mass is 499 g/mol. The van der Waals surface area contributed by atoms with E-state index in [1.165, 1.54) is 37.6 Å². The quantitative estimate of drug-likeness (QED) is 0.268. The summed E-state index contributed by atoms with van der Waals surface area (Å²) in [6.07, 6.45) is -0.714. The Morgan fingerprint density at radius 3 is 2.56 bits per heavy atom. The van der Waals surface area contributed by atoms with Gasteiger partial charge in [-0.2, -0.15) is 0 Å². The van der Waals surface area contributed by atoms with Crippen molar-refractivity contribution in [3.8, 4) is 0 Å². The molecule has 32 heavy (non-hydrogen) atoms. The van der Waals surface area contributed by atoms with Crippen molar-refractivity contribution in [2.45, 2.75) is 32.8 Å². The Balaban J connectivity index is 2.48. The van der Waals surface area contributed by atoms with Gasteiger partial charge in [0.25, 0.3) is 0 Å². The molecule has 0 N–H and O–H groups in total. The van der Waals surface area contributed by atoms with Crippen LogP contribution in [0.2, 0.25) is 5.02 Å². The fourth-order valence-corrected chi connectivity index (χ4v) is 5.26. The summed E-state index contributed by atoms with van der Waals surface area (Å²) in [7, 11) is 1.30. The standard InChI is InChI=1S/C22H26ClNO6S2/c1-5-29-18(26)10-30-21-13(2)24-17(11-31-12-32-14(3)25)20(22(27)28-4)19(21)15-8-6-7-9-16(15)23/h6-9,19,21H,5,10-12H2,1-4H3. The molecule has 0 spiro atoms. The largest absolute Gasteiger partial charge is 0.466 e. The number of hydrogen-bond donors (Lipinski definition) is 0. The van der Waals surface area contributed by atoms with Gasteiger partial charge in [0, 0.05) is 28.5 Å². The molecular formula is C22H26ClNO6S2. The normalized spacial score (nSPS) is 18.2. The first-order chi connectivity index (χ1) is 15.3. The van der Waals surface area contributed by atoms with Crippen LogP contribution >= 0.6 is 35.1 Å². The van der Waals surface area contributed by atoms with Crippen molar-refractivity contribution < 1.29 is 28.6 Å². The van der Waals surface area contributed by atoms with Gasteiger partial charge in [-0.25, -0.2) is 9.59 Å². The molecule has 1 aromatic rings. The van der Waals surface area contributed by atoms with Gasteiger partial charge in [-0.05, 0) is 25.5 Å². The van der Waals surface area contributed by atoms with Crippen molar-refractivity contribution in [1.29, 1.82) is 0 Å². The smallest absolute Gasteiger partial charge is 0.336 e. The second-order valence-electron chi connectivity index (χ2n) is 6.74. The summed E-state index contributed by atoms with van der Waals surface area (Å²) >= 11 is 9.16. The SMILES string of the molecule is CCOC(=O)COC1C(C)=NC(CSCSC(C)=O)=C(C(=O)OC)C1c1ccccc1Cl. The van der Waals surface area contributed by atoms with E-state index in [2.05, 4.69) is 4.99 Å². The van der Waals surface area contributed by atoms with Crippen molar-refractivity contribution in [2.75, 3.05) is 31.2 Å². The number of nitrogens with zero attached hydrogens (tertiary/aromatic N) is 1. The number of carbonyl (C=O) groups is 3. The van der Waals surface area contributed by atoms with E-state index < -0.39 is 24.0 Å². The van der Waals surface area contributed by atoms with Gasteiger partial charge in [0.15, 0.2) is 5.12 Å². The molecule has 0 bridgehead atoms. The second kappa shape index (κ2) is 13.0. The molecule has 0 aliphatic carbocycles. The van der Waals surface area contributed by atoms with Gasteiger partial charge < -0.3 is 14.2 Å². The lowest BCUT2D eigenvalue weighted by Gasteiger charge is -2.33. The number of hydrogen-bond acceptors (Lipinski definition) is 9. The van der Waals surface area contributed by atoms with Gasteiger partial charge in [0.05, 0.1) is 30.9 Å². The van der Waals surface area contributed by atoms with Crippen LogP contribution < -0.4 is 0 Å². The number of rotatable bonds is 10. The molecule has 0 amide bonds. The summed E-state index contributed by atoms with van der Waals surface area (Å²) in [5.41, 5.74) is 2.12. The number of carbonyl (C=O) groups excluding carboxylic acids is 3. The lowest BCUT2D eigenvalue weighted by atomic mass is 9.81. The van der Waals surface area contributed by atoms with Gasteiger partial charge in [0.2, 0.25) is 0 Å². The fourth-order valence-electron chi connectivity index (χ4n) is 3.26. The van der Waals surface area contributed by atoms with E-state index in [0.717, 1.165) is 0 Å². The molecule has 1 aliphatic rings. The molecule has 2 rings (SSSR count). The van der Waals surface area contributed by atoms with Crippen LogP contribution in [0.5, 0.6) is 0 Å². The molecule has 174 valence electrons. The number of esters is 2. The predicted octanol–water partition coefficient (Wildman–Crippen LogP) is 4.24. The Morgan fingerprint density at radius 1 is 1.22 bits per heavy atom. The van der Waals surface area contributed by atoms with Gasteiger partial charge >= 0.3 is 11.9 Å². The Hall–Kier alpha value is -1.81. The Labute approximate surface area is 201 Å². The lowest BCUT2D eigenvalue weighted by Crippen LogP contribution is -2.38. The predicted molar refractivity (Wildman–Crippen MR) is 128 cm³/mol. The van der Waals surface area contributed by atoms with Crippen LogP contribution in [0.3, 0.4) is 0 Å². The fraction of sp³-hybridized carbons (Fsp3) is 0.455. The number of halogens is 1. The molecule has 1 aromatic carbocycles. The Bertz CT molecular complexity index is 917. The summed E-state index contributed by atoms with van der Waals surface area (Å²) in [5, 5.41) is 1.00. The maximum absolute atomic E-state index is 12.9. The highest BCUT2D eigenvalue weighted by atomic mass is 35.5. The summed E-state index contributed by atoms with van der Waals surface area (Å²) < 4.78 is 15.9. The zero-order valence-corrected chi connectivity index (χ0v) is 20.8. The highest BCUT2D eigenvalue weighted by Crippen LogP contribution is 2.41. The molecule has 0 radical (unpaired) electrons. The minimum Gasteiger partial charge on any atom is -0.466 e. The number of methoxy groups -OCH3 is 1. The molecule has 2 unspecified atom stereocenters. The van der Waals surface area contributed by atoms with E-state index in [1.54, 1.807) is 26.0 Å². The maximum atomic E-state index is 12.9. The summed E-state index contributed by atoms with van der Waals surface area (Å²) in [5.74, 6) is -1.29. The zero-order chi connectivity index (χ0) is 23.7. The van der Waals surface area contributed by atoms with E-state index in [4.69, 9.17) is 25.8 Å². The van der Waals surface area contributed by atoms with Crippen LogP contribution in [0.15, 0.2) is 40.5 Å². The molecule has 2 atom stereocenters. The zero-order valence-electron chi connectivity index (χ0n) is 18.4. The van der Waals surface area contributed by atoms with Crippen molar-refractivity contribution in [2.24, 2.45) is 4.99 Å². The first-order valence-electron chi connectivity index (χ1n) is 9.89. The first-order valence-corrected chi connectivity index (χ1v) is 12.4. The van der Waals surface area contributed by atoms with Crippen LogP contribution in [0.1, 0.15) is 32.3 Å². The van der Waals surface area contributed by atoms with Crippen LogP contribution in [-0.2, 0) is 28.6 Å². The van der Waals surface area contributed by atoms with Crippen molar-refractivity contribution in [3.05, 3.63) is 46.1 Å². The molecule has 1 heterocycles. The summed E-state index contributed by atoms with van der Waals surface area (Å²) in [4.78, 5) is 40.7. The number of benzene rings is 1. The van der Waals surface area contributed by atoms with Gasteiger partial charge in [-0.15, -0.1) is 11.8 Å². The molecular weight excluding hydrogens is 474 g/mol. The highest BCUT2D eigenvalue weighted by molar-refractivity contribution is 8.23. The van der Waals surface area contributed by atoms with E-state index in [-0.39, 0.29) is 18.3 Å². The van der Waals surface area contributed by atoms with Crippen LogP contribution in [0, 0.1) is 0 Å². The number of aliphatic imine (C=N–C) groups is 1. The van der Waals surface area contributed by atoms with Gasteiger partial charge in [0.1, 0.15) is 12.7 Å². The van der Waals surface area contributed by atoms with Crippen molar-refractivity contribution in [1.82, 2.24) is 0 Å². The number of thioether (sulfide) groups is 2. The third-order valence-electron chi connectivity index (χ3n) is 4.56.